The van der Waals surface area contributed by atoms with Gasteiger partial charge < -0.3 is 5.32 Å². The Balaban J connectivity index is 1.71. The van der Waals surface area contributed by atoms with Gasteiger partial charge in [-0.3, -0.25) is 0 Å². The standard InChI is InChI=1S/C13H27N3O2S/c1-11(2)14-9-13-5-7-16(8-6-13)19(17,18)15-10-12-3-4-12/h11-15H,3-10H2,1-2H3. The normalized spacial score (nSPS) is 23.1. The van der Waals surface area contributed by atoms with Crippen molar-refractivity contribution >= 4 is 10.2 Å². The molecule has 0 aromatic heterocycles. The van der Waals surface area contributed by atoms with E-state index in [0.29, 0.717) is 37.5 Å². The van der Waals surface area contributed by atoms with Crippen molar-refractivity contribution in [1.29, 1.82) is 0 Å². The van der Waals surface area contributed by atoms with Gasteiger partial charge >= 0.3 is 0 Å². The molecular weight excluding hydrogens is 262 g/mol. The molecule has 6 heteroatoms. The average molecular weight is 289 g/mol. The monoisotopic (exact) mass is 289 g/mol. The lowest BCUT2D eigenvalue weighted by Crippen LogP contribution is -2.46. The molecule has 1 aliphatic carbocycles. The van der Waals surface area contributed by atoms with Gasteiger partial charge in [-0.25, -0.2) is 4.72 Å². The van der Waals surface area contributed by atoms with Gasteiger partial charge in [-0.15, -0.1) is 0 Å². The highest BCUT2D eigenvalue weighted by Crippen LogP contribution is 2.28. The Labute approximate surface area is 117 Å². The number of rotatable bonds is 7. The predicted octanol–water partition coefficient (Wildman–Crippen LogP) is 0.941. The summed E-state index contributed by atoms with van der Waals surface area (Å²) in [6.45, 7) is 7.22. The Morgan fingerprint density at radius 1 is 1.05 bits per heavy atom. The molecule has 19 heavy (non-hydrogen) atoms. The van der Waals surface area contributed by atoms with Crippen molar-refractivity contribution in [3.8, 4) is 0 Å². The van der Waals surface area contributed by atoms with E-state index in [4.69, 9.17) is 0 Å². The van der Waals surface area contributed by atoms with Crippen LogP contribution in [0.1, 0.15) is 39.5 Å². The van der Waals surface area contributed by atoms with Crippen LogP contribution in [0.5, 0.6) is 0 Å². The largest absolute Gasteiger partial charge is 0.314 e. The Bertz CT molecular complexity index is 371. The molecule has 0 unspecified atom stereocenters. The van der Waals surface area contributed by atoms with E-state index < -0.39 is 10.2 Å². The van der Waals surface area contributed by atoms with E-state index in [1.807, 2.05) is 0 Å². The summed E-state index contributed by atoms with van der Waals surface area (Å²) in [6.07, 6.45) is 4.27. The van der Waals surface area contributed by atoms with Crippen molar-refractivity contribution in [1.82, 2.24) is 14.3 Å². The molecule has 0 radical (unpaired) electrons. The van der Waals surface area contributed by atoms with Gasteiger partial charge in [-0.05, 0) is 44.1 Å². The first-order chi connectivity index (χ1) is 8.97. The van der Waals surface area contributed by atoms with Gasteiger partial charge in [0.05, 0.1) is 0 Å². The van der Waals surface area contributed by atoms with Gasteiger partial charge in [-0.2, -0.15) is 12.7 Å². The number of nitrogens with zero attached hydrogens (tertiary/aromatic N) is 1. The van der Waals surface area contributed by atoms with Gasteiger partial charge in [0.2, 0.25) is 0 Å². The molecule has 0 aromatic rings. The smallest absolute Gasteiger partial charge is 0.279 e. The quantitative estimate of drug-likeness (QED) is 0.733. The van der Waals surface area contributed by atoms with Gasteiger partial charge in [-0.1, -0.05) is 13.8 Å². The molecule has 0 amide bonds. The van der Waals surface area contributed by atoms with Crippen molar-refractivity contribution in [2.24, 2.45) is 11.8 Å². The average Bonchev–Trinajstić information content (AvgIpc) is 3.18. The van der Waals surface area contributed by atoms with Gasteiger partial charge in [0, 0.05) is 25.7 Å². The van der Waals surface area contributed by atoms with Crippen molar-refractivity contribution in [2.75, 3.05) is 26.2 Å². The SMILES string of the molecule is CC(C)NCC1CCN(S(=O)(=O)NCC2CC2)CC1. The first kappa shape index (κ1) is 15.2. The molecule has 1 aliphatic heterocycles. The fourth-order valence-electron chi connectivity index (χ4n) is 2.39. The van der Waals surface area contributed by atoms with Crippen LogP contribution >= 0.6 is 0 Å². The van der Waals surface area contributed by atoms with Crippen LogP contribution in [0.15, 0.2) is 0 Å². The molecule has 0 atom stereocenters. The second-order valence-corrected chi connectivity index (χ2v) is 7.96. The molecule has 1 heterocycles. The first-order valence-corrected chi connectivity index (χ1v) is 8.89. The van der Waals surface area contributed by atoms with E-state index in [2.05, 4.69) is 23.9 Å². The Hall–Kier alpha value is -0.170. The van der Waals surface area contributed by atoms with Crippen LogP contribution in [0.3, 0.4) is 0 Å². The maximum absolute atomic E-state index is 12.1. The maximum atomic E-state index is 12.1. The minimum Gasteiger partial charge on any atom is -0.314 e. The minimum atomic E-state index is -3.23. The van der Waals surface area contributed by atoms with E-state index in [1.54, 1.807) is 4.31 Å². The summed E-state index contributed by atoms with van der Waals surface area (Å²) >= 11 is 0. The molecule has 2 rings (SSSR count). The Morgan fingerprint density at radius 2 is 1.63 bits per heavy atom. The maximum Gasteiger partial charge on any atom is 0.279 e. The third kappa shape index (κ3) is 5.02. The molecular formula is C13H27N3O2S. The molecule has 0 spiro atoms. The van der Waals surface area contributed by atoms with Crippen LogP contribution in [-0.4, -0.2) is 44.9 Å². The molecule has 1 saturated heterocycles. The second kappa shape index (κ2) is 6.52. The number of hydrogen-bond donors (Lipinski definition) is 2. The number of piperidine rings is 1. The summed E-state index contributed by atoms with van der Waals surface area (Å²) in [5.74, 6) is 1.19. The zero-order chi connectivity index (χ0) is 13.9. The van der Waals surface area contributed by atoms with Gasteiger partial charge in [0.15, 0.2) is 0 Å². The van der Waals surface area contributed by atoms with Crippen molar-refractivity contribution in [3.05, 3.63) is 0 Å². The van der Waals surface area contributed by atoms with E-state index in [0.717, 1.165) is 19.4 Å². The van der Waals surface area contributed by atoms with E-state index in [-0.39, 0.29) is 0 Å². The van der Waals surface area contributed by atoms with Crippen LogP contribution in [0.25, 0.3) is 0 Å². The molecule has 2 N–H and O–H groups in total. The molecule has 112 valence electrons. The first-order valence-electron chi connectivity index (χ1n) is 7.45. The minimum absolute atomic E-state index is 0.502. The molecule has 0 aromatic carbocycles. The van der Waals surface area contributed by atoms with Crippen LogP contribution in [-0.2, 0) is 10.2 Å². The molecule has 0 bridgehead atoms. The lowest BCUT2D eigenvalue weighted by molar-refractivity contribution is 0.261. The van der Waals surface area contributed by atoms with E-state index >= 15 is 0 Å². The summed E-state index contributed by atoms with van der Waals surface area (Å²) in [6, 6.07) is 0.502. The fraction of sp³-hybridized carbons (Fsp3) is 1.00. The number of hydrogen-bond acceptors (Lipinski definition) is 3. The summed E-state index contributed by atoms with van der Waals surface area (Å²) in [5, 5.41) is 3.43. The number of nitrogens with one attached hydrogen (secondary N) is 2. The molecule has 2 aliphatic rings. The van der Waals surface area contributed by atoms with Crippen LogP contribution < -0.4 is 10.0 Å². The van der Waals surface area contributed by atoms with Gasteiger partial charge in [0.1, 0.15) is 0 Å². The zero-order valence-electron chi connectivity index (χ0n) is 12.1. The Morgan fingerprint density at radius 3 is 2.16 bits per heavy atom. The molecule has 2 fully saturated rings. The summed E-state index contributed by atoms with van der Waals surface area (Å²) in [4.78, 5) is 0. The lowest BCUT2D eigenvalue weighted by atomic mass is 9.98. The van der Waals surface area contributed by atoms with Crippen LogP contribution in [0.4, 0.5) is 0 Å². The highest BCUT2D eigenvalue weighted by atomic mass is 32.2. The topological polar surface area (TPSA) is 61.4 Å². The summed E-state index contributed by atoms with van der Waals surface area (Å²) in [7, 11) is -3.23. The summed E-state index contributed by atoms with van der Waals surface area (Å²) in [5.41, 5.74) is 0. The van der Waals surface area contributed by atoms with Crippen molar-refractivity contribution in [3.63, 3.8) is 0 Å². The van der Waals surface area contributed by atoms with Crippen LogP contribution in [0, 0.1) is 11.8 Å². The highest BCUT2D eigenvalue weighted by molar-refractivity contribution is 7.87. The third-order valence-electron chi connectivity index (χ3n) is 3.98. The Kier molecular flexibility index (Phi) is 5.22. The van der Waals surface area contributed by atoms with Crippen molar-refractivity contribution < 1.29 is 8.42 Å². The highest BCUT2D eigenvalue weighted by Gasteiger charge is 2.30. The third-order valence-corrected chi connectivity index (χ3v) is 5.56. The van der Waals surface area contributed by atoms with Gasteiger partial charge in [0.25, 0.3) is 10.2 Å². The fourth-order valence-corrected chi connectivity index (χ4v) is 3.71. The molecule has 1 saturated carbocycles. The second-order valence-electron chi connectivity index (χ2n) is 6.20. The predicted molar refractivity (Wildman–Crippen MR) is 77.1 cm³/mol. The van der Waals surface area contributed by atoms with E-state index in [9.17, 15) is 8.42 Å². The lowest BCUT2D eigenvalue weighted by Gasteiger charge is -2.31. The zero-order valence-corrected chi connectivity index (χ0v) is 12.9. The summed E-state index contributed by atoms with van der Waals surface area (Å²) < 4.78 is 28.5. The van der Waals surface area contributed by atoms with E-state index in [1.165, 1.54) is 12.8 Å². The van der Waals surface area contributed by atoms with Crippen LogP contribution in [0.2, 0.25) is 0 Å². The molecule has 5 nitrogen and oxygen atoms in total. The van der Waals surface area contributed by atoms with Crippen molar-refractivity contribution in [2.45, 2.75) is 45.6 Å².